The number of halogens is 3. The van der Waals surface area contributed by atoms with Gasteiger partial charge in [-0.05, 0) is 26.8 Å². The van der Waals surface area contributed by atoms with E-state index >= 15 is 0 Å². The van der Waals surface area contributed by atoms with E-state index in [1.807, 2.05) is 6.92 Å². The van der Waals surface area contributed by atoms with Crippen LogP contribution >= 0.6 is 34.8 Å². The molecule has 1 heterocycles. The van der Waals surface area contributed by atoms with Crippen LogP contribution in [0.2, 0.25) is 15.2 Å². The Morgan fingerprint density at radius 1 is 1.27 bits per heavy atom. The number of aromatic nitrogens is 1. The first-order chi connectivity index (χ1) is 6.97. The number of nitrogens with zero attached hydrogens (tertiary/aromatic N) is 2. The van der Waals surface area contributed by atoms with Crippen molar-refractivity contribution >= 4 is 40.6 Å². The lowest BCUT2D eigenvalue weighted by Gasteiger charge is -2.27. The molecule has 0 aromatic carbocycles. The van der Waals surface area contributed by atoms with Crippen molar-refractivity contribution < 1.29 is 0 Å². The Morgan fingerprint density at radius 2 is 1.87 bits per heavy atom. The highest BCUT2D eigenvalue weighted by Gasteiger charge is 2.15. The van der Waals surface area contributed by atoms with Crippen LogP contribution < -0.4 is 4.90 Å². The molecule has 15 heavy (non-hydrogen) atoms. The Kier molecular flexibility index (Phi) is 4.50. The van der Waals surface area contributed by atoms with Crippen molar-refractivity contribution in [2.75, 3.05) is 11.4 Å². The van der Waals surface area contributed by atoms with E-state index in [-0.39, 0.29) is 5.15 Å². The van der Waals surface area contributed by atoms with Gasteiger partial charge in [-0.2, -0.15) is 0 Å². The lowest BCUT2D eigenvalue weighted by molar-refractivity contribution is 0.694. The third-order valence-electron chi connectivity index (χ3n) is 2.10. The first-order valence-corrected chi connectivity index (χ1v) is 5.89. The second-order valence-electron chi connectivity index (χ2n) is 3.45. The van der Waals surface area contributed by atoms with Gasteiger partial charge in [-0.3, -0.25) is 0 Å². The molecule has 1 aromatic heterocycles. The molecule has 0 aliphatic carbocycles. The smallest absolute Gasteiger partial charge is 0.150 e. The van der Waals surface area contributed by atoms with Gasteiger partial charge in [0, 0.05) is 12.6 Å². The summed E-state index contributed by atoms with van der Waals surface area (Å²) in [7, 11) is 0. The summed E-state index contributed by atoms with van der Waals surface area (Å²) in [5.74, 6) is 0.684. The minimum absolute atomic E-state index is 0.287. The number of hydrogen-bond donors (Lipinski definition) is 0. The van der Waals surface area contributed by atoms with Gasteiger partial charge in [-0.15, -0.1) is 0 Å². The molecule has 0 radical (unpaired) electrons. The van der Waals surface area contributed by atoms with Crippen LogP contribution in [0, 0.1) is 0 Å². The normalized spacial score (nSPS) is 10.9. The molecule has 0 N–H and O–H groups in total. The third kappa shape index (κ3) is 2.90. The minimum atomic E-state index is 0.287. The van der Waals surface area contributed by atoms with Gasteiger partial charge in [0.25, 0.3) is 0 Å². The van der Waals surface area contributed by atoms with E-state index < -0.39 is 0 Å². The second-order valence-corrected chi connectivity index (χ2v) is 4.62. The van der Waals surface area contributed by atoms with Gasteiger partial charge in [-0.1, -0.05) is 34.8 Å². The lowest BCUT2D eigenvalue weighted by atomic mass is 10.3. The number of pyridine rings is 1. The fourth-order valence-electron chi connectivity index (χ4n) is 1.40. The van der Waals surface area contributed by atoms with Gasteiger partial charge in [0.15, 0.2) is 0 Å². The molecule has 0 bridgehead atoms. The molecule has 1 aromatic rings. The Labute approximate surface area is 105 Å². The molecule has 84 valence electrons. The summed E-state index contributed by atoms with van der Waals surface area (Å²) >= 11 is 17.8. The van der Waals surface area contributed by atoms with E-state index in [2.05, 4.69) is 23.7 Å². The van der Waals surface area contributed by atoms with Crippen molar-refractivity contribution in [3.05, 3.63) is 21.3 Å². The summed E-state index contributed by atoms with van der Waals surface area (Å²) in [5.41, 5.74) is 0. The van der Waals surface area contributed by atoms with Gasteiger partial charge in [0.2, 0.25) is 0 Å². The molecular formula is C10H13Cl3N2. The molecule has 0 aliphatic heterocycles. The van der Waals surface area contributed by atoms with Crippen LogP contribution in [0.3, 0.4) is 0 Å². The predicted molar refractivity (Wildman–Crippen MR) is 67.4 cm³/mol. The van der Waals surface area contributed by atoms with Gasteiger partial charge in [0.05, 0.1) is 10.0 Å². The number of rotatable bonds is 3. The topological polar surface area (TPSA) is 16.1 Å². The van der Waals surface area contributed by atoms with Crippen molar-refractivity contribution in [3.63, 3.8) is 0 Å². The summed E-state index contributed by atoms with van der Waals surface area (Å²) in [6.07, 6.45) is 0. The summed E-state index contributed by atoms with van der Waals surface area (Å²) in [6.45, 7) is 7.01. The summed E-state index contributed by atoms with van der Waals surface area (Å²) in [6, 6.07) is 1.94. The Hall–Kier alpha value is -0.180. The molecule has 0 amide bonds. The maximum Gasteiger partial charge on any atom is 0.150 e. The molecule has 0 aliphatic rings. The molecule has 0 fully saturated rings. The first-order valence-electron chi connectivity index (χ1n) is 4.75. The van der Waals surface area contributed by atoms with Crippen molar-refractivity contribution in [3.8, 4) is 0 Å². The van der Waals surface area contributed by atoms with Crippen LogP contribution in [0.1, 0.15) is 20.8 Å². The van der Waals surface area contributed by atoms with Crippen molar-refractivity contribution in [2.45, 2.75) is 26.8 Å². The monoisotopic (exact) mass is 266 g/mol. The molecule has 0 unspecified atom stereocenters. The Morgan fingerprint density at radius 3 is 2.33 bits per heavy atom. The lowest BCUT2D eigenvalue weighted by Crippen LogP contribution is -2.31. The summed E-state index contributed by atoms with van der Waals surface area (Å²) in [4.78, 5) is 6.25. The first kappa shape index (κ1) is 12.9. The quantitative estimate of drug-likeness (QED) is 0.760. The van der Waals surface area contributed by atoms with E-state index in [0.29, 0.717) is 21.9 Å². The Balaban J connectivity index is 3.18. The van der Waals surface area contributed by atoms with E-state index in [4.69, 9.17) is 34.8 Å². The van der Waals surface area contributed by atoms with Crippen LogP contribution in [-0.4, -0.2) is 17.6 Å². The zero-order chi connectivity index (χ0) is 11.6. The van der Waals surface area contributed by atoms with Crippen molar-refractivity contribution in [1.82, 2.24) is 4.98 Å². The van der Waals surface area contributed by atoms with Crippen LogP contribution in [0.15, 0.2) is 6.07 Å². The summed E-state index contributed by atoms with van der Waals surface area (Å²) in [5, 5.41) is 1.19. The fraction of sp³-hybridized carbons (Fsp3) is 0.500. The van der Waals surface area contributed by atoms with E-state index in [1.165, 1.54) is 0 Å². The zero-order valence-electron chi connectivity index (χ0n) is 8.89. The van der Waals surface area contributed by atoms with E-state index in [9.17, 15) is 0 Å². The maximum atomic E-state index is 6.07. The van der Waals surface area contributed by atoms with E-state index in [1.54, 1.807) is 6.07 Å². The van der Waals surface area contributed by atoms with Gasteiger partial charge >= 0.3 is 0 Å². The largest absolute Gasteiger partial charge is 0.353 e. The highest BCUT2D eigenvalue weighted by atomic mass is 35.5. The standard InChI is InChI=1S/C10H13Cl3N2/c1-4-15(6(2)3)10-8(12)5-7(11)9(13)14-10/h5-6H,4H2,1-3H3. The predicted octanol–water partition coefficient (Wildman–Crippen LogP) is 4.28. The van der Waals surface area contributed by atoms with Crippen molar-refractivity contribution in [1.29, 1.82) is 0 Å². The average molecular weight is 268 g/mol. The third-order valence-corrected chi connectivity index (χ3v) is 3.06. The van der Waals surface area contributed by atoms with Crippen LogP contribution in [-0.2, 0) is 0 Å². The van der Waals surface area contributed by atoms with Gasteiger partial charge < -0.3 is 4.90 Å². The van der Waals surface area contributed by atoms with Crippen LogP contribution in [0.25, 0.3) is 0 Å². The van der Waals surface area contributed by atoms with E-state index in [0.717, 1.165) is 6.54 Å². The van der Waals surface area contributed by atoms with Crippen LogP contribution in [0.4, 0.5) is 5.82 Å². The Bertz CT molecular complexity index is 353. The molecule has 1 rings (SSSR count). The van der Waals surface area contributed by atoms with Crippen molar-refractivity contribution in [2.24, 2.45) is 0 Å². The molecule has 2 nitrogen and oxygen atoms in total. The number of hydrogen-bond acceptors (Lipinski definition) is 2. The molecule has 0 saturated heterocycles. The fourth-order valence-corrected chi connectivity index (χ4v) is 2.00. The molecule has 0 saturated carbocycles. The molecule has 0 atom stereocenters. The van der Waals surface area contributed by atoms with Crippen LogP contribution in [0.5, 0.6) is 0 Å². The van der Waals surface area contributed by atoms with Gasteiger partial charge in [0.1, 0.15) is 11.0 Å². The van der Waals surface area contributed by atoms with Gasteiger partial charge in [-0.25, -0.2) is 4.98 Å². The highest BCUT2D eigenvalue weighted by Crippen LogP contribution is 2.31. The maximum absolute atomic E-state index is 6.07. The summed E-state index contributed by atoms with van der Waals surface area (Å²) < 4.78 is 0. The number of anilines is 1. The zero-order valence-corrected chi connectivity index (χ0v) is 11.2. The molecule has 0 spiro atoms. The minimum Gasteiger partial charge on any atom is -0.353 e. The highest BCUT2D eigenvalue weighted by molar-refractivity contribution is 6.42. The second kappa shape index (κ2) is 5.24. The average Bonchev–Trinajstić information content (AvgIpc) is 2.14. The SMILES string of the molecule is CCN(c1nc(Cl)c(Cl)cc1Cl)C(C)C. The molecular weight excluding hydrogens is 254 g/mol. The molecule has 5 heteroatoms.